The molecule has 0 aromatic heterocycles. The van der Waals surface area contributed by atoms with E-state index in [4.69, 9.17) is 9.47 Å². The first-order chi connectivity index (χ1) is 11.2. The summed E-state index contributed by atoms with van der Waals surface area (Å²) in [6.45, 7) is 4.58. The van der Waals surface area contributed by atoms with Crippen molar-refractivity contribution in [1.29, 1.82) is 0 Å². The number of morpholine rings is 1. The zero-order valence-corrected chi connectivity index (χ0v) is 13.4. The Morgan fingerprint density at radius 3 is 3.13 bits per heavy atom. The standard InChI is InChI=1S/C18H22FNO3/c1-2-13-11-22-8-6-20(13)17(21)15-10-18(15)5-7-23-16-4-3-12(19)9-14(16)18/h3-4,9,13,15H,2,5-8,10-11H2,1H3/t13-,15+,18+/m0/s1. The SMILES string of the molecule is CC[C@H]1COCCN1C(=O)[C@H]1C[C@@]12CCOc1ccc(F)cc12. The highest BCUT2D eigenvalue weighted by Gasteiger charge is 2.62. The molecule has 4 rings (SSSR count). The quantitative estimate of drug-likeness (QED) is 0.841. The number of hydrogen-bond donors (Lipinski definition) is 0. The van der Waals surface area contributed by atoms with E-state index in [1.807, 2.05) is 4.90 Å². The van der Waals surface area contributed by atoms with Crippen LogP contribution in [-0.2, 0) is 14.9 Å². The smallest absolute Gasteiger partial charge is 0.227 e. The third-order valence-electron chi connectivity index (χ3n) is 5.64. The lowest BCUT2D eigenvalue weighted by atomic mass is 9.87. The first-order valence-electron chi connectivity index (χ1n) is 8.47. The number of hydrogen-bond acceptors (Lipinski definition) is 3. The van der Waals surface area contributed by atoms with Gasteiger partial charge in [0.15, 0.2) is 0 Å². The van der Waals surface area contributed by atoms with Gasteiger partial charge in [0.25, 0.3) is 0 Å². The highest BCUT2D eigenvalue weighted by Crippen LogP contribution is 2.61. The van der Waals surface area contributed by atoms with Gasteiger partial charge in [0.1, 0.15) is 11.6 Å². The highest BCUT2D eigenvalue weighted by molar-refractivity contribution is 5.85. The number of rotatable bonds is 2. The van der Waals surface area contributed by atoms with Crippen molar-refractivity contribution in [1.82, 2.24) is 4.90 Å². The molecule has 1 saturated heterocycles. The van der Waals surface area contributed by atoms with Crippen molar-refractivity contribution in [3.8, 4) is 5.75 Å². The van der Waals surface area contributed by atoms with Crippen LogP contribution in [0, 0.1) is 11.7 Å². The van der Waals surface area contributed by atoms with E-state index in [-0.39, 0.29) is 29.1 Å². The summed E-state index contributed by atoms with van der Waals surface area (Å²) in [5, 5.41) is 0. The van der Waals surface area contributed by atoms with Crippen molar-refractivity contribution < 1.29 is 18.7 Å². The molecule has 2 fully saturated rings. The summed E-state index contributed by atoms with van der Waals surface area (Å²) in [5.41, 5.74) is 0.659. The number of carbonyl (C=O) groups is 1. The molecule has 1 aromatic carbocycles. The Kier molecular flexibility index (Phi) is 3.56. The van der Waals surface area contributed by atoms with Crippen LogP contribution in [0.1, 0.15) is 31.7 Å². The number of amides is 1. The van der Waals surface area contributed by atoms with Crippen molar-refractivity contribution in [2.24, 2.45) is 5.92 Å². The molecule has 1 amide bonds. The largest absolute Gasteiger partial charge is 0.493 e. The normalized spacial score (nSPS) is 32.3. The molecule has 2 aliphatic heterocycles. The summed E-state index contributed by atoms with van der Waals surface area (Å²) in [5.74, 6) is 0.642. The molecule has 0 radical (unpaired) electrons. The molecule has 2 heterocycles. The Hall–Kier alpha value is -1.62. The molecule has 1 aromatic rings. The Balaban J connectivity index is 1.60. The average Bonchev–Trinajstić information content (AvgIpc) is 3.30. The fourth-order valence-electron chi connectivity index (χ4n) is 4.18. The van der Waals surface area contributed by atoms with Crippen molar-refractivity contribution in [3.05, 3.63) is 29.6 Å². The molecule has 0 unspecified atom stereocenters. The van der Waals surface area contributed by atoms with Gasteiger partial charge in [-0.25, -0.2) is 4.39 Å². The van der Waals surface area contributed by atoms with Crippen LogP contribution in [0.2, 0.25) is 0 Å². The van der Waals surface area contributed by atoms with E-state index in [0.29, 0.717) is 26.4 Å². The lowest BCUT2D eigenvalue weighted by Crippen LogP contribution is -2.49. The minimum Gasteiger partial charge on any atom is -0.493 e. The van der Waals surface area contributed by atoms with Gasteiger partial charge >= 0.3 is 0 Å². The Bertz CT molecular complexity index is 635. The minimum atomic E-state index is -0.260. The third-order valence-corrected chi connectivity index (χ3v) is 5.64. The van der Waals surface area contributed by atoms with Gasteiger partial charge in [-0.3, -0.25) is 4.79 Å². The van der Waals surface area contributed by atoms with Gasteiger partial charge in [-0.05, 0) is 37.5 Å². The molecular formula is C18H22FNO3. The van der Waals surface area contributed by atoms with Gasteiger partial charge in [-0.15, -0.1) is 0 Å². The zero-order valence-electron chi connectivity index (χ0n) is 13.4. The molecule has 5 heteroatoms. The zero-order chi connectivity index (χ0) is 16.0. The summed E-state index contributed by atoms with van der Waals surface area (Å²) < 4.78 is 24.9. The molecule has 0 N–H and O–H groups in total. The fraction of sp³-hybridized carbons (Fsp3) is 0.611. The van der Waals surface area contributed by atoms with Crippen LogP contribution < -0.4 is 4.74 Å². The van der Waals surface area contributed by atoms with Gasteiger partial charge in [-0.2, -0.15) is 0 Å². The van der Waals surface area contributed by atoms with Crippen molar-refractivity contribution in [3.63, 3.8) is 0 Å². The summed E-state index contributed by atoms with van der Waals surface area (Å²) in [4.78, 5) is 15.0. The maximum atomic E-state index is 13.7. The molecule has 0 bridgehead atoms. The van der Waals surface area contributed by atoms with Crippen molar-refractivity contribution in [2.75, 3.05) is 26.4 Å². The number of halogens is 1. The molecule has 1 spiro atoms. The number of fused-ring (bicyclic) bond motifs is 2. The minimum absolute atomic E-state index is 0.0425. The predicted octanol–water partition coefficient (Wildman–Crippen LogP) is 2.50. The van der Waals surface area contributed by atoms with E-state index < -0.39 is 0 Å². The molecule has 1 aliphatic carbocycles. The van der Waals surface area contributed by atoms with Crippen molar-refractivity contribution in [2.45, 2.75) is 37.6 Å². The highest BCUT2D eigenvalue weighted by atomic mass is 19.1. The molecule has 124 valence electrons. The summed E-state index contributed by atoms with van der Waals surface area (Å²) in [7, 11) is 0. The topological polar surface area (TPSA) is 38.8 Å². The second kappa shape index (κ2) is 5.48. The van der Waals surface area contributed by atoms with Gasteiger partial charge in [0, 0.05) is 23.4 Å². The lowest BCUT2D eigenvalue weighted by molar-refractivity contribution is -0.142. The second-order valence-electron chi connectivity index (χ2n) is 6.82. The molecular weight excluding hydrogens is 297 g/mol. The predicted molar refractivity (Wildman–Crippen MR) is 82.9 cm³/mol. The molecule has 4 nitrogen and oxygen atoms in total. The maximum absolute atomic E-state index is 13.7. The Labute approximate surface area is 135 Å². The molecule has 1 saturated carbocycles. The average molecular weight is 319 g/mol. The van der Waals surface area contributed by atoms with E-state index in [0.717, 1.165) is 30.6 Å². The van der Waals surface area contributed by atoms with Crippen LogP contribution in [0.4, 0.5) is 4.39 Å². The summed E-state index contributed by atoms with van der Waals surface area (Å²) >= 11 is 0. The van der Waals surface area contributed by atoms with Crippen LogP contribution in [0.3, 0.4) is 0 Å². The van der Waals surface area contributed by atoms with E-state index in [1.165, 1.54) is 6.07 Å². The van der Waals surface area contributed by atoms with Crippen LogP contribution >= 0.6 is 0 Å². The van der Waals surface area contributed by atoms with E-state index in [1.54, 1.807) is 12.1 Å². The number of benzene rings is 1. The lowest BCUT2D eigenvalue weighted by Gasteiger charge is -2.36. The number of ether oxygens (including phenoxy) is 2. The van der Waals surface area contributed by atoms with E-state index in [2.05, 4.69) is 6.92 Å². The number of nitrogens with zero attached hydrogens (tertiary/aromatic N) is 1. The Morgan fingerprint density at radius 2 is 2.30 bits per heavy atom. The second-order valence-corrected chi connectivity index (χ2v) is 6.82. The Morgan fingerprint density at radius 1 is 1.43 bits per heavy atom. The van der Waals surface area contributed by atoms with Gasteiger partial charge in [0.05, 0.1) is 25.9 Å². The summed E-state index contributed by atoms with van der Waals surface area (Å²) in [6.07, 6.45) is 2.50. The van der Waals surface area contributed by atoms with Gasteiger partial charge < -0.3 is 14.4 Å². The van der Waals surface area contributed by atoms with Crippen LogP contribution in [0.5, 0.6) is 5.75 Å². The van der Waals surface area contributed by atoms with Gasteiger partial charge in [-0.1, -0.05) is 6.92 Å². The number of carbonyl (C=O) groups excluding carboxylic acids is 1. The maximum Gasteiger partial charge on any atom is 0.227 e. The fourth-order valence-corrected chi connectivity index (χ4v) is 4.18. The first kappa shape index (κ1) is 14.9. The molecule has 3 atom stereocenters. The van der Waals surface area contributed by atoms with Crippen LogP contribution in [0.25, 0.3) is 0 Å². The van der Waals surface area contributed by atoms with E-state index in [9.17, 15) is 9.18 Å². The third kappa shape index (κ3) is 2.33. The first-order valence-corrected chi connectivity index (χ1v) is 8.47. The van der Waals surface area contributed by atoms with E-state index >= 15 is 0 Å². The summed E-state index contributed by atoms with van der Waals surface area (Å²) in [6, 6.07) is 4.83. The van der Waals surface area contributed by atoms with Gasteiger partial charge in [0.2, 0.25) is 5.91 Å². The van der Waals surface area contributed by atoms with Crippen molar-refractivity contribution >= 4 is 5.91 Å². The van der Waals surface area contributed by atoms with Crippen LogP contribution in [0.15, 0.2) is 18.2 Å². The monoisotopic (exact) mass is 319 g/mol. The molecule has 3 aliphatic rings. The van der Waals surface area contributed by atoms with Crippen LogP contribution in [-0.4, -0.2) is 43.2 Å². The molecule has 23 heavy (non-hydrogen) atoms.